The molecular formula is C16H16BrN3OS. The number of benzene rings is 1. The van der Waals surface area contributed by atoms with Gasteiger partial charge in [-0.25, -0.2) is 4.98 Å². The van der Waals surface area contributed by atoms with Crippen LogP contribution >= 0.6 is 27.3 Å². The number of halogens is 1. The Morgan fingerprint density at radius 2 is 2.18 bits per heavy atom. The van der Waals surface area contributed by atoms with Crippen molar-refractivity contribution in [2.75, 3.05) is 0 Å². The van der Waals surface area contributed by atoms with E-state index in [2.05, 4.69) is 33.2 Å². The molecule has 22 heavy (non-hydrogen) atoms. The Bertz CT molecular complexity index is 750. The number of imidazole rings is 1. The van der Waals surface area contributed by atoms with Crippen molar-refractivity contribution in [3.05, 3.63) is 57.8 Å². The zero-order valence-electron chi connectivity index (χ0n) is 12.1. The summed E-state index contributed by atoms with van der Waals surface area (Å²) in [6.45, 7) is 2.07. The second-order valence-corrected chi connectivity index (χ2v) is 6.87. The van der Waals surface area contributed by atoms with Crippen LogP contribution in [0.3, 0.4) is 0 Å². The zero-order chi connectivity index (χ0) is 15.5. The summed E-state index contributed by atoms with van der Waals surface area (Å²) >= 11 is 5.00. The number of amides is 1. The predicted molar refractivity (Wildman–Crippen MR) is 92.1 cm³/mol. The summed E-state index contributed by atoms with van der Waals surface area (Å²) in [5.41, 5.74) is 1.92. The Morgan fingerprint density at radius 3 is 2.86 bits per heavy atom. The molecule has 2 aromatic heterocycles. The third-order valence-electron chi connectivity index (χ3n) is 3.50. The van der Waals surface area contributed by atoms with Crippen molar-refractivity contribution in [2.45, 2.75) is 25.8 Å². The van der Waals surface area contributed by atoms with E-state index in [9.17, 15) is 4.79 Å². The summed E-state index contributed by atoms with van der Waals surface area (Å²) in [4.78, 5) is 17.6. The first-order valence-corrected chi connectivity index (χ1v) is 8.79. The number of fused-ring (bicyclic) bond motifs is 1. The van der Waals surface area contributed by atoms with Crippen LogP contribution in [-0.2, 0) is 11.2 Å². The van der Waals surface area contributed by atoms with Crippen LogP contribution in [0.2, 0.25) is 0 Å². The quantitative estimate of drug-likeness (QED) is 0.730. The SMILES string of the molecule is CCC(NC(=O)Cc1cn2ccsc2n1)c1ccc(Br)cc1. The fourth-order valence-corrected chi connectivity index (χ4v) is 3.37. The molecule has 1 aromatic carbocycles. The highest BCUT2D eigenvalue weighted by Gasteiger charge is 2.14. The van der Waals surface area contributed by atoms with Crippen LogP contribution in [0.15, 0.2) is 46.5 Å². The average Bonchev–Trinajstić information content (AvgIpc) is 3.07. The second-order valence-electron chi connectivity index (χ2n) is 5.08. The maximum absolute atomic E-state index is 12.3. The van der Waals surface area contributed by atoms with Crippen molar-refractivity contribution in [3.8, 4) is 0 Å². The van der Waals surface area contributed by atoms with Crippen LogP contribution < -0.4 is 5.32 Å². The van der Waals surface area contributed by atoms with Gasteiger partial charge < -0.3 is 5.32 Å². The molecule has 0 radical (unpaired) electrons. The van der Waals surface area contributed by atoms with E-state index in [1.165, 1.54) is 0 Å². The summed E-state index contributed by atoms with van der Waals surface area (Å²) in [6, 6.07) is 8.08. The standard InChI is InChI=1S/C16H16BrN3OS/c1-2-14(11-3-5-12(17)6-4-11)19-15(21)9-13-10-20-7-8-22-16(20)18-13/h3-8,10,14H,2,9H2,1H3,(H,19,21). The highest BCUT2D eigenvalue weighted by atomic mass is 79.9. The molecular weight excluding hydrogens is 362 g/mol. The summed E-state index contributed by atoms with van der Waals surface area (Å²) < 4.78 is 2.98. The molecule has 2 heterocycles. The minimum absolute atomic E-state index is 0.000483. The highest BCUT2D eigenvalue weighted by Crippen LogP contribution is 2.20. The summed E-state index contributed by atoms with van der Waals surface area (Å²) in [7, 11) is 0. The number of aromatic nitrogens is 2. The number of carbonyl (C=O) groups excluding carboxylic acids is 1. The lowest BCUT2D eigenvalue weighted by Crippen LogP contribution is -2.29. The molecule has 0 saturated carbocycles. The first-order valence-electron chi connectivity index (χ1n) is 7.11. The number of hydrogen-bond acceptors (Lipinski definition) is 3. The molecule has 1 amide bonds. The number of thiazole rings is 1. The van der Waals surface area contributed by atoms with Gasteiger partial charge in [-0.3, -0.25) is 9.20 Å². The molecule has 0 bridgehead atoms. The molecule has 3 aromatic rings. The first kappa shape index (κ1) is 15.2. The van der Waals surface area contributed by atoms with E-state index in [0.29, 0.717) is 6.42 Å². The summed E-state index contributed by atoms with van der Waals surface area (Å²) in [5.74, 6) is 0.000483. The van der Waals surface area contributed by atoms with Crippen LogP contribution in [-0.4, -0.2) is 15.3 Å². The van der Waals surface area contributed by atoms with Gasteiger partial charge in [-0.05, 0) is 24.1 Å². The van der Waals surface area contributed by atoms with Gasteiger partial charge in [0, 0.05) is 22.2 Å². The lowest BCUT2D eigenvalue weighted by atomic mass is 10.0. The number of nitrogens with zero attached hydrogens (tertiary/aromatic N) is 2. The predicted octanol–water partition coefficient (Wildman–Crippen LogP) is 3.97. The molecule has 0 aliphatic rings. The van der Waals surface area contributed by atoms with Gasteiger partial charge in [0.25, 0.3) is 0 Å². The first-order chi connectivity index (χ1) is 10.7. The summed E-state index contributed by atoms with van der Waals surface area (Å²) in [6.07, 6.45) is 5.02. The van der Waals surface area contributed by atoms with Gasteiger partial charge in [0.05, 0.1) is 18.2 Å². The largest absolute Gasteiger partial charge is 0.349 e. The molecule has 3 rings (SSSR count). The molecule has 114 valence electrons. The van der Waals surface area contributed by atoms with Gasteiger partial charge in [0.15, 0.2) is 4.96 Å². The van der Waals surface area contributed by atoms with Gasteiger partial charge in [-0.15, -0.1) is 11.3 Å². The Hall–Kier alpha value is -1.66. The van der Waals surface area contributed by atoms with Crippen molar-refractivity contribution in [2.24, 2.45) is 0 Å². The lowest BCUT2D eigenvalue weighted by molar-refractivity contribution is -0.121. The lowest BCUT2D eigenvalue weighted by Gasteiger charge is -2.17. The highest BCUT2D eigenvalue weighted by molar-refractivity contribution is 9.10. The molecule has 0 spiro atoms. The van der Waals surface area contributed by atoms with E-state index in [1.54, 1.807) is 11.3 Å². The van der Waals surface area contributed by atoms with Gasteiger partial charge in [0.1, 0.15) is 0 Å². The molecule has 6 heteroatoms. The normalized spacial score (nSPS) is 12.5. The Labute approximate surface area is 141 Å². The molecule has 1 N–H and O–H groups in total. The van der Waals surface area contributed by atoms with Crippen LogP contribution in [0, 0.1) is 0 Å². The number of hydrogen-bond donors (Lipinski definition) is 1. The molecule has 0 aliphatic heterocycles. The third-order valence-corrected chi connectivity index (χ3v) is 4.80. The molecule has 0 saturated heterocycles. The number of rotatable bonds is 5. The number of nitrogens with one attached hydrogen (secondary N) is 1. The fourth-order valence-electron chi connectivity index (χ4n) is 2.39. The van der Waals surface area contributed by atoms with Crippen molar-refractivity contribution >= 4 is 38.1 Å². The van der Waals surface area contributed by atoms with E-state index in [4.69, 9.17) is 0 Å². The Balaban J connectivity index is 1.66. The minimum Gasteiger partial charge on any atom is -0.349 e. The van der Waals surface area contributed by atoms with E-state index >= 15 is 0 Å². The Kier molecular flexibility index (Phi) is 4.59. The van der Waals surface area contributed by atoms with Crippen LogP contribution in [0.1, 0.15) is 30.6 Å². The van der Waals surface area contributed by atoms with Gasteiger partial charge in [-0.2, -0.15) is 0 Å². The number of carbonyl (C=O) groups is 1. The topological polar surface area (TPSA) is 46.4 Å². The smallest absolute Gasteiger partial charge is 0.226 e. The van der Waals surface area contributed by atoms with Crippen molar-refractivity contribution in [1.82, 2.24) is 14.7 Å². The summed E-state index contributed by atoms with van der Waals surface area (Å²) in [5, 5.41) is 5.07. The molecule has 0 fully saturated rings. The van der Waals surface area contributed by atoms with E-state index in [0.717, 1.165) is 27.1 Å². The fraction of sp³-hybridized carbons (Fsp3) is 0.250. The maximum atomic E-state index is 12.3. The molecule has 4 nitrogen and oxygen atoms in total. The van der Waals surface area contributed by atoms with Gasteiger partial charge in [0.2, 0.25) is 5.91 Å². The van der Waals surface area contributed by atoms with Crippen molar-refractivity contribution in [3.63, 3.8) is 0 Å². The van der Waals surface area contributed by atoms with Crippen molar-refractivity contribution < 1.29 is 4.79 Å². The monoisotopic (exact) mass is 377 g/mol. The van der Waals surface area contributed by atoms with E-state index < -0.39 is 0 Å². The van der Waals surface area contributed by atoms with E-state index in [-0.39, 0.29) is 11.9 Å². The van der Waals surface area contributed by atoms with Gasteiger partial charge in [-0.1, -0.05) is 35.0 Å². The van der Waals surface area contributed by atoms with Crippen LogP contribution in [0.4, 0.5) is 0 Å². The van der Waals surface area contributed by atoms with E-state index in [1.807, 2.05) is 46.4 Å². The van der Waals surface area contributed by atoms with Crippen LogP contribution in [0.25, 0.3) is 4.96 Å². The Morgan fingerprint density at radius 1 is 1.41 bits per heavy atom. The molecule has 0 aliphatic carbocycles. The molecule has 1 unspecified atom stereocenters. The zero-order valence-corrected chi connectivity index (χ0v) is 14.5. The minimum atomic E-state index is 0.000483. The average molecular weight is 378 g/mol. The second kappa shape index (κ2) is 6.62. The maximum Gasteiger partial charge on any atom is 0.226 e. The van der Waals surface area contributed by atoms with Crippen LogP contribution in [0.5, 0.6) is 0 Å². The van der Waals surface area contributed by atoms with Gasteiger partial charge >= 0.3 is 0 Å². The molecule has 1 atom stereocenters. The van der Waals surface area contributed by atoms with Crippen molar-refractivity contribution in [1.29, 1.82) is 0 Å². The third kappa shape index (κ3) is 3.39.